The van der Waals surface area contributed by atoms with Crippen molar-refractivity contribution >= 4 is 27.7 Å². The van der Waals surface area contributed by atoms with Crippen LogP contribution in [0.4, 0.5) is 0 Å². The van der Waals surface area contributed by atoms with Crippen molar-refractivity contribution in [2.45, 2.75) is 5.16 Å². The van der Waals surface area contributed by atoms with Crippen LogP contribution >= 0.6 is 27.7 Å². The van der Waals surface area contributed by atoms with Gasteiger partial charge in [-0.2, -0.15) is 0 Å². The Labute approximate surface area is 139 Å². The lowest BCUT2D eigenvalue weighted by atomic mass is 10.3. The monoisotopic (exact) mass is 380 g/mol. The van der Waals surface area contributed by atoms with Crippen LogP contribution in [0.5, 0.6) is 5.75 Å². The number of benzene rings is 1. The van der Waals surface area contributed by atoms with Gasteiger partial charge in [-0.25, -0.2) is 4.68 Å². The molecule has 0 radical (unpaired) electrons. The van der Waals surface area contributed by atoms with Gasteiger partial charge in [-0.1, -0.05) is 33.8 Å². The van der Waals surface area contributed by atoms with Gasteiger partial charge in [0.25, 0.3) is 0 Å². The van der Waals surface area contributed by atoms with E-state index in [1.165, 1.54) is 16.4 Å². The first-order valence-electron chi connectivity index (χ1n) is 6.49. The summed E-state index contributed by atoms with van der Waals surface area (Å²) in [5, 5.41) is 8.71. The summed E-state index contributed by atoms with van der Waals surface area (Å²) in [6.07, 6.45) is 1.57. The van der Waals surface area contributed by atoms with Gasteiger partial charge in [0.15, 0.2) is 5.76 Å². The average molecular weight is 381 g/mol. The van der Waals surface area contributed by atoms with Crippen LogP contribution in [-0.4, -0.2) is 27.2 Å². The maximum Gasteiger partial charge on any atom is 0.218 e. The topological polar surface area (TPSA) is 79.1 Å². The molecule has 0 aliphatic carbocycles. The third kappa shape index (κ3) is 3.45. The Hall–Kier alpha value is -1.93. The lowest BCUT2D eigenvalue weighted by molar-refractivity contribution is 0.343. The Balaban J connectivity index is 1.54. The van der Waals surface area contributed by atoms with Crippen molar-refractivity contribution in [1.29, 1.82) is 0 Å². The molecular formula is C14H13BrN4O2S. The van der Waals surface area contributed by atoms with Crippen LogP contribution in [0.25, 0.3) is 11.6 Å². The summed E-state index contributed by atoms with van der Waals surface area (Å²) < 4.78 is 13.3. The Morgan fingerprint density at radius 3 is 2.95 bits per heavy atom. The van der Waals surface area contributed by atoms with Crippen LogP contribution in [0.1, 0.15) is 0 Å². The highest BCUT2D eigenvalue weighted by Crippen LogP contribution is 2.22. The number of ether oxygens (including phenoxy) is 1. The van der Waals surface area contributed by atoms with Gasteiger partial charge in [0.1, 0.15) is 5.75 Å². The van der Waals surface area contributed by atoms with Gasteiger partial charge >= 0.3 is 0 Å². The van der Waals surface area contributed by atoms with Crippen LogP contribution in [0.15, 0.2) is 56.7 Å². The molecule has 0 spiro atoms. The fourth-order valence-corrected chi connectivity index (χ4v) is 2.85. The van der Waals surface area contributed by atoms with Gasteiger partial charge in [0, 0.05) is 10.2 Å². The minimum Gasteiger partial charge on any atom is -0.493 e. The average Bonchev–Trinajstić information content (AvgIpc) is 3.14. The first kappa shape index (κ1) is 15.0. The summed E-state index contributed by atoms with van der Waals surface area (Å²) >= 11 is 4.88. The Morgan fingerprint density at radius 1 is 1.27 bits per heavy atom. The Kier molecular flexibility index (Phi) is 4.69. The standard InChI is InChI=1S/C14H13BrN4O2S/c15-10-3-1-4-11(9-10)20-7-8-22-14-18-17-13(19(14)16)12-5-2-6-21-12/h1-6,9H,7-8,16H2. The largest absolute Gasteiger partial charge is 0.493 e. The van der Waals surface area contributed by atoms with Gasteiger partial charge in [0.2, 0.25) is 11.0 Å². The van der Waals surface area contributed by atoms with Gasteiger partial charge in [-0.15, -0.1) is 10.2 Å². The summed E-state index contributed by atoms with van der Waals surface area (Å²) in [5.41, 5.74) is 0. The molecule has 8 heteroatoms. The summed E-state index contributed by atoms with van der Waals surface area (Å²) in [4.78, 5) is 0. The summed E-state index contributed by atoms with van der Waals surface area (Å²) in [6, 6.07) is 11.3. The molecule has 22 heavy (non-hydrogen) atoms. The van der Waals surface area contributed by atoms with Crippen molar-refractivity contribution in [3.63, 3.8) is 0 Å². The number of nitrogens with two attached hydrogens (primary N) is 1. The normalized spacial score (nSPS) is 10.8. The highest BCUT2D eigenvalue weighted by molar-refractivity contribution is 9.10. The lowest BCUT2D eigenvalue weighted by Crippen LogP contribution is -2.12. The second kappa shape index (κ2) is 6.89. The zero-order valence-corrected chi connectivity index (χ0v) is 13.9. The van der Waals surface area contributed by atoms with Gasteiger partial charge in [-0.05, 0) is 30.3 Å². The van der Waals surface area contributed by atoms with Crippen LogP contribution in [-0.2, 0) is 0 Å². The number of hydrogen-bond donors (Lipinski definition) is 1. The summed E-state index contributed by atoms with van der Waals surface area (Å²) in [5.74, 6) is 8.59. The van der Waals surface area contributed by atoms with E-state index in [9.17, 15) is 0 Å². The second-order valence-electron chi connectivity index (χ2n) is 4.31. The number of thioether (sulfide) groups is 1. The van der Waals surface area contributed by atoms with E-state index in [1.807, 2.05) is 24.3 Å². The predicted octanol–water partition coefficient (Wildman–Crippen LogP) is 3.19. The molecule has 6 nitrogen and oxygen atoms in total. The molecule has 114 valence electrons. The molecule has 2 heterocycles. The molecule has 0 amide bonds. The quantitative estimate of drug-likeness (QED) is 0.401. The number of furan rings is 1. The zero-order valence-electron chi connectivity index (χ0n) is 11.5. The minimum atomic E-state index is 0.500. The van der Waals surface area contributed by atoms with Crippen molar-refractivity contribution in [3.05, 3.63) is 47.1 Å². The molecule has 0 saturated heterocycles. The van der Waals surface area contributed by atoms with Gasteiger partial charge in [0.05, 0.1) is 12.9 Å². The molecule has 2 N–H and O–H groups in total. The molecule has 0 unspecified atom stereocenters. The Morgan fingerprint density at radius 2 is 2.18 bits per heavy atom. The maximum atomic E-state index is 5.97. The molecule has 3 rings (SSSR count). The lowest BCUT2D eigenvalue weighted by Gasteiger charge is -2.06. The number of rotatable bonds is 6. The molecule has 1 aromatic carbocycles. The van der Waals surface area contributed by atoms with E-state index in [1.54, 1.807) is 18.4 Å². The van der Waals surface area contributed by atoms with Gasteiger partial charge in [-0.3, -0.25) is 0 Å². The molecule has 2 aromatic heterocycles. The highest BCUT2D eigenvalue weighted by Gasteiger charge is 2.13. The highest BCUT2D eigenvalue weighted by atomic mass is 79.9. The van der Waals surface area contributed by atoms with Crippen LogP contribution in [0, 0.1) is 0 Å². The third-order valence-electron chi connectivity index (χ3n) is 2.79. The van der Waals surface area contributed by atoms with Crippen molar-refractivity contribution in [2.24, 2.45) is 0 Å². The van der Waals surface area contributed by atoms with Crippen LogP contribution in [0.3, 0.4) is 0 Å². The third-order valence-corrected chi connectivity index (χ3v) is 4.19. The molecule has 3 aromatic rings. The molecule has 0 aliphatic rings. The molecular weight excluding hydrogens is 368 g/mol. The molecule has 0 aliphatic heterocycles. The molecule has 0 fully saturated rings. The number of nitrogen functional groups attached to an aromatic ring is 1. The maximum absolute atomic E-state index is 5.97. The van der Waals surface area contributed by atoms with Crippen LogP contribution < -0.4 is 10.6 Å². The zero-order chi connectivity index (χ0) is 15.4. The van der Waals surface area contributed by atoms with Crippen molar-refractivity contribution < 1.29 is 9.15 Å². The summed E-state index contributed by atoms with van der Waals surface area (Å²) in [7, 11) is 0. The first-order valence-corrected chi connectivity index (χ1v) is 8.27. The van der Waals surface area contributed by atoms with Crippen molar-refractivity contribution in [2.75, 3.05) is 18.2 Å². The first-order chi connectivity index (χ1) is 10.7. The number of nitrogens with zero attached hydrogens (tertiary/aromatic N) is 3. The summed E-state index contributed by atoms with van der Waals surface area (Å²) in [6.45, 7) is 0.546. The molecule has 0 saturated carbocycles. The predicted molar refractivity (Wildman–Crippen MR) is 88.2 cm³/mol. The van der Waals surface area contributed by atoms with Crippen molar-refractivity contribution in [3.8, 4) is 17.3 Å². The Bertz CT molecular complexity index is 745. The van der Waals surface area contributed by atoms with E-state index in [2.05, 4.69) is 26.1 Å². The smallest absolute Gasteiger partial charge is 0.218 e. The van der Waals surface area contributed by atoms with E-state index < -0.39 is 0 Å². The van der Waals surface area contributed by atoms with E-state index in [0.29, 0.717) is 29.1 Å². The number of aromatic nitrogens is 3. The van der Waals surface area contributed by atoms with E-state index in [0.717, 1.165) is 10.2 Å². The van der Waals surface area contributed by atoms with Crippen molar-refractivity contribution in [1.82, 2.24) is 14.9 Å². The fourth-order valence-electron chi connectivity index (χ4n) is 1.80. The van der Waals surface area contributed by atoms with Gasteiger partial charge < -0.3 is 15.0 Å². The van der Waals surface area contributed by atoms with E-state index in [-0.39, 0.29) is 0 Å². The van der Waals surface area contributed by atoms with Crippen LogP contribution in [0.2, 0.25) is 0 Å². The second-order valence-corrected chi connectivity index (χ2v) is 6.29. The van der Waals surface area contributed by atoms with E-state index in [4.69, 9.17) is 15.0 Å². The number of hydrogen-bond acceptors (Lipinski definition) is 6. The minimum absolute atomic E-state index is 0.500. The SMILES string of the molecule is Nn1c(SCCOc2cccc(Br)c2)nnc1-c1ccco1. The number of halogens is 1. The molecule has 0 atom stereocenters. The fraction of sp³-hybridized carbons (Fsp3) is 0.143. The van der Waals surface area contributed by atoms with E-state index >= 15 is 0 Å². The molecule has 0 bridgehead atoms.